The van der Waals surface area contributed by atoms with E-state index in [9.17, 15) is 4.39 Å². The molecule has 1 atom stereocenters. The highest BCUT2D eigenvalue weighted by molar-refractivity contribution is 5.80. The molecule has 3 rings (SSSR count). The molecule has 1 fully saturated rings. The van der Waals surface area contributed by atoms with E-state index < -0.39 is 0 Å². The maximum Gasteiger partial charge on any atom is 0.194 e. The van der Waals surface area contributed by atoms with Crippen LogP contribution < -0.4 is 5.32 Å². The van der Waals surface area contributed by atoms with Crippen LogP contribution >= 0.6 is 0 Å². The van der Waals surface area contributed by atoms with Gasteiger partial charge in [-0.25, -0.2) is 4.39 Å². The van der Waals surface area contributed by atoms with Crippen molar-refractivity contribution in [3.8, 4) is 0 Å². The van der Waals surface area contributed by atoms with Crippen LogP contribution in [0.15, 0.2) is 41.7 Å². The predicted octanol–water partition coefficient (Wildman–Crippen LogP) is 1.71. The van der Waals surface area contributed by atoms with Crippen molar-refractivity contribution in [3.63, 3.8) is 0 Å². The maximum absolute atomic E-state index is 13.0. The van der Waals surface area contributed by atoms with Gasteiger partial charge in [0.1, 0.15) is 11.9 Å². The third-order valence-electron chi connectivity index (χ3n) is 4.04. The lowest BCUT2D eigenvalue weighted by Crippen LogP contribution is -2.47. The molecular weight excluding hydrogens is 309 g/mol. The van der Waals surface area contributed by atoms with Crippen LogP contribution in [0, 0.1) is 5.82 Å². The number of hydrogen-bond acceptors (Lipinski definition) is 3. The first kappa shape index (κ1) is 16.4. The fourth-order valence-corrected chi connectivity index (χ4v) is 2.77. The number of benzene rings is 1. The van der Waals surface area contributed by atoms with E-state index in [1.165, 1.54) is 12.1 Å². The maximum atomic E-state index is 13.0. The van der Waals surface area contributed by atoms with Gasteiger partial charge < -0.3 is 15.0 Å². The molecule has 1 aliphatic rings. The third-order valence-corrected chi connectivity index (χ3v) is 4.04. The highest BCUT2D eigenvalue weighted by Gasteiger charge is 2.25. The minimum Gasteiger partial charge on any atom is -0.370 e. The van der Waals surface area contributed by atoms with Crippen molar-refractivity contribution in [3.05, 3.63) is 53.6 Å². The number of hydrogen-bond donors (Lipinski definition) is 1. The lowest BCUT2D eigenvalue weighted by Gasteiger charge is -2.34. The predicted molar refractivity (Wildman–Crippen MR) is 90.1 cm³/mol. The Morgan fingerprint density at radius 2 is 2.21 bits per heavy atom. The van der Waals surface area contributed by atoms with Crippen LogP contribution in [0.5, 0.6) is 0 Å². The van der Waals surface area contributed by atoms with E-state index in [1.54, 1.807) is 23.9 Å². The van der Waals surface area contributed by atoms with Crippen molar-refractivity contribution in [2.24, 2.45) is 12.0 Å². The van der Waals surface area contributed by atoms with Gasteiger partial charge in [0, 0.05) is 38.9 Å². The van der Waals surface area contributed by atoms with Gasteiger partial charge in [-0.1, -0.05) is 12.1 Å². The summed E-state index contributed by atoms with van der Waals surface area (Å²) in [4.78, 5) is 6.53. The van der Waals surface area contributed by atoms with Crippen LogP contribution in [0.2, 0.25) is 0 Å². The molecule has 6 nitrogen and oxygen atoms in total. The van der Waals surface area contributed by atoms with Gasteiger partial charge in [0.15, 0.2) is 5.96 Å². The third kappa shape index (κ3) is 3.91. The molecule has 7 heteroatoms. The summed E-state index contributed by atoms with van der Waals surface area (Å²) in [6.45, 7) is 2.73. The average Bonchev–Trinajstić information content (AvgIpc) is 3.04. The summed E-state index contributed by atoms with van der Waals surface area (Å²) in [6.07, 6.45) is 3.79. The molecular formula is C17H22FN5O. The summed E-state index contributed by atoms with van der Waals surface area (Å²) in [7, 11) is 3.66. The largest absolute Gasteiger partial charge is 0.370 e. The Morgan fingerprint density at radius 1 is 1.42 bits per heavy atom. The van der Waals surface area contributed by atoms with E-state index in [4.69, 9.17) is 4.74 Å². The number of aliphatic imine (C=N–C) groups is 1. The lowest BCUT2D eigenvalue weighted by molar-refractivity contribution is -0.00805. The van der Waals surface area contributed by atoms with Crippen LogP contribution in [0.4, 0.5) is 4.39 Å². The average molecular weight is 331 g/mol. The molecule has 0 radical (unpaired) electrons. The topological polar surface area (TPSA) is 54.7 Å². The Bertz CT molecular complexity index is 697. The summed E-state index contributed by atoms with van der Waals surface area (Å²) >= 11 is 0. The molecule has 0 bridgehead atoms. The number of guanidine groups is 1. The van der Waals surface area contributed by atoms with Crippen molar-refractivity contribution in [2.45, 2.75) is 12.6 Å². The highest BCUT2D eigenvalue weighted by atomic mass is 19.1. The number of ether oxygens (including phenoxy) is 1. The molecule has 2 aromatic rings. The number of aromatic nitrogens is 2. The fraction of sp³-hybridized carbons (Fsp3) is 0.412. The van der Waals surface area contributed by atoms with Gasteiger partial charge in [0.2, 0.25) is 0 Å². The second-order valence-electron chi connectivity index (χ2n) is 5.78. The van der Waals surface area contributed by atoms with Gasteiger partial charge in [-0.05, 0) is 17.7 Å². The van der Waals surface area contributed by atoms with Gasteiger partial charge in [0.05, 0.1) is 19.3 Å². The smallest absolute Gasteiger partial charge is 0.194 e. The number of halogens is 1. The molecule has 128 valence electrons. The quantitative estimate of drug-likeness (QED) is 0.687. The Morgan fingerprint density at radius 3 is 2.88 bits per heavy atom. The SMILES string of the molecule is CN=C(NCc1ccc(F)cc1)N1CCOC(c2cnn(C)c2)C1. The zero-order chi connectivity index (χ0) is 16.9. The molecule has 1 saturated heterocycles. The summed E-state index contributed by atoms with van der Waals surface area (Å²) in [5.74, 6) is 0.590. The monoisotopic (exact) mass is 331 g/mol. The molecule has 1 aromatic carbocycles. The summed E-state index contributed by atoms with van der Waals surface area (Å²) < 4.78 is 20.6. The minimum atomic E-state index is -0.226. The number of nitrogens with one attached hydrogen (secondary N) is 1. The van der Waals surface area contributed by atoms with E-state index in [0.717, 1.165) is 30.2 Å². The van der Waals surface area contributed by atoms with Gasteiger partial charge in [-0.3, -0.25) is 9.67 Å². The molecule has 1 unspecified atom stereocenters. The Labute approximate surface area is 140 Å². The van der Waals surface area contributed by atoms with Crippen molar-refractivity contribution in [1.29, 1.82) is 0 Å². The number of nitrogens with zero attached hydrogens (tertiary/aromatic N) is 4. The van der Waals surface area contributed by atoms with Crippen molar-refractivity contribution in [2.75, 3.05) is 26.7 Å². The molecule has 1 aromatic heterocycles. The van der Waals surface area contributed by atoms with E-state index in [0.29, 0.717) is 13.2 Å². The van der Waals surface area contributed by atoms with Gasteiger partial charge in [-0.15, -0.1) is 0 Å². The normalized spacial score (nSPS) is 18.7. The van der Waals surface area contributed by atoms with E-state index in [1.807, 2.05) is 19.4 Å². The molecule has 0 amide bonds. The molecule has 1 aliphatic heterocycles. The molecule has 24 heavy (non-hydrogen) atoms. The Balaban J connectivity index is 1.61. The van der Waals surface area contributed by atoms with Crippen LogP contribution in [0.3, 0.4) is 0 Å². The number of rotatable bonds is 3. The molecule has 0 spiro atoms. The lowest BCUT2D eigenvalue weighted by atomic mass is 10.1. The van der Waals surface area contributed by atoms with Gasteiger partial charge in [-0.2, -0.15) is 5.10 Å². The zero-order valence-electron chi connectivity index (χ0n) is 13.9. The zero-order valence-corrected chi connectivity index (χ0v) is 13.9. The van der Waals surface area contributed by atoms with E-state index in [2.05, 4.69) is 20.3 Å². The van der Waals surface area contributed by atoms with Crippen LogP contribution in [0.25, 0.3) is 0 Å². The highest BCUT2D eigenvalue weighted by Crippen LogP contribution is 2.21. The fourth-order valence-electron chi connectivity index (χ4n) is 2.77. The van der Waals surface area contributed by atoms with Gasteiger partial charge >= 0.3 is 0 Å². The number of morpholine rings is 1. The van der Waals surface area contributed by atoms with E-state index >= 15 is 0 Å². The summed E-state index contributed by atoms with van der Waals surface area (Å²) in [5.41, 5.74) is 2.07. The van der Waals surface area contributed by atoms with Crippen LogP contribution in [-0.4, -0.2) is 47.4 Å². The first-order valence-electron chi connectivity index (χ1n) is 7.96. The molecule has 0 saturated carbocycles. The van der Waals surface area contributed by atoms with Crippen LogP contribution in [0.1, 0.15) is 17.2 Å². The number of aryl methyl sites for hydroxylation is 1. The van der Waals surface area contributed by atoms with Crippen molar-refractivity contribution >= 4 is 5.96 Å². The molecule has 0 aliphatic carbocycles. The first-order chi connectivity index (χ1) is 11.7. The second kappa shape index (κ2) is 7.44. The van der Waals surface area contributed by atoms with E-state index in [-0.39, 0.29) is 11.9 Å². The van der Waals surface area contributed by atoms with Crippen molar-refractivity contribution in [1.82, 2.24) is 20.0 Å². The molecule has 1 N–H and O–H groups in total. The standard InChI is InChI=1S/C17H22FN5O/c1-19-17(20-9-13-3-5-15(18)6-4-13)23-7-8-24-16(12-23)14-10-21-22(2)11-14/h3-6,10-11,16H,7-9,12H2,1-2H3,(H,19,20). The Kier molecular flexibility index (Phi) is 5.10. The van der Waals surface area contributed by atoms with Crippen LogP contribution in [-0.2, 0) is 18.3 Å². The summed E-state index contributed by atoms with van der Waals surface area (Å²) in [5, 5.41) is 7.54. The van der Waals surface area contributed by atoms with Gasteiger partial charge in [0.25, 0.3) is 0 Å². The van der Waals surface area contributed by atoms with Crippen molar-refractivity contribution < 1.29 is 9.13 Å². The first-order valence-corrected chi connectivity index (χ1v) is 7.96. The second-order valence-corrected chi connectivity index (χ2v) is 5.78. The Hall–Kier alpha value is -2.41. The molecule has 2 heterocycles. The summed E-state index contributed by atoms with van der Waals surface area (Å²) in [6, 6.07) is 6.47. The minimum absolute atomic E-state index is 0.0168.